The minimum absolute atomic E-state index is 0.137. The highest BCUT2D eigenvalue weighted by Crippen LogP contribution is 2.27. The molecule has 2 rings (SSSR count). The molecule has 0 radical (unpaired) electrons. The van der Waals surface area contributed by atoms with Crippen LogP contribution in [-0.4, -0.2) is 35.1 Å². The van der Waals surface area contributed by atoms with Crippen LogP contribution in [0.2, 0.25) is 5.02 Å². The Kier molecular flexibility index (Phi) is 3.78. The van der Waals surface area contributed by atoms with Crippen molar-refractivity contribution < 1.29 is 9.90 Å². The van der Waals surface area contributed by atoms with E-state index >= 15 is 0 Å². The maximum atomic E-state index is 12.3. The van der Waals surface area contributed by atoms with E-state index in [9.17, 15) is 9.90 Å². The molecule has 98 valence electrons. The predicted octanol–water partition coefficient (Wildman–Crippen LogP) is 1.77. The molecule has 1 saturated heterocycles. The van der Waals surface area contributed by atoms with E-state index in [-0.39, 0.29) is 11.8 Å². The first kappa shape index (κ1) is 13.2. The molecule has 0 spiro atoms. The molecule has 0 aliphatic carbocycles. The maximum Gasteiger partial charge on any atom is 0.257 e. The van der Waals surface area contributed by atoms with E-state index in [1.807, 2.05) is 0 Å². The van der Waals surface area contributed by atoms with Crippen LogP contribution >= 0.6 is 11.6 Å². The number of aliphatic hydroxyl groups excluding tert-OH is 1. The summed E-state index contributed by atoms with van der Waals surface area (Å²) < 4.78 is 0. The molecule has 2 atom stereocenters. The second-order valence-electron chi connectivity index (χ2n) is 4.74. The zero-order chi connectivity index (χ0) is 13.3. The van der Waals surface area contributed by atoms with Gasteiger partial charge in [0, 0.05) is 24.7 Å². The Hall–Kier alpha value is -1.26. The summed E-state index contributed by atoms with van der Waals surface area (Å²) >= 11 is 6.02. The van der Waals surface area contributed by atoms with Crippen LogP contribution in [0.5, 0.6) is 0 Å². The minimum Gasteiger partial charge on any atom is -0.398 e. The van der Waals surface area contributed by atoms with Crippen molar-refractivity contribution in [2.45, 2.75) is 19.4 Å². The van der Waals surface area contributed by atoms with Crippen molar-refractivity contribution in [3.8, 4) is 0 Å². The highest BCUT2D eigenvalue weighted by atomic mass is 35.5. The van der Waals surface area contributed by atoms with Crippen LogP contribution in [0.3, 0.4) is 0 Å². The van der Waals surface area contributed by atoms with Gasteiger partial charge in [0.05, 0.1) is 16.7 Å². The third kappa shape index (κ3) is 2.44. The zero-order valence-electron chi connectivity index (χ0n) is 10.3. The molecule has 1 aromatic rings. The van der Waals surface area contributed by atoms with E-state index in [1.54, 1.807) is 30.0 Å². The molecule has 3 N–H and O–H groups in total. The first-order valence-corrected chi connectivity index (χ1v) is 6.40. The van der Waals surface area contributed by atoms with Gasteiger partial charge in [-0.05, 0) is 25.5 Å². The molecule has 0 saturated carbocycles. The summed E-state index contributed by atoms with van der Waals surface area (Å²) in [5.41, 5.74) is 6.57. The van der Waals surface area contributed by atoms with Gasteiger partial charge in [-0.25, -0.2) is 0 Å². The average Bonchev–Trinajstić information content (AvgIpc) is 2.77. The van der Waals surface area contributed by atoms with Gasteiger partial charge in [-0.1, -0.05) is 17.7 Å². The first-order valence-electron chi connectivity index (χ1n) is 6.02. The summed E-state index contributed by atoms with van der Waals surface area (Å²) in [6.45, 7) is 2.95. The number of carbonyl (C=O) groups is 1. The number of nitrogens with zero attached hydrogens (tertiary/aromatic N) is 1. The molecule has 1 heterocycles. The number of hydrogen-bond donors (Lipinski definition) is 2. The number of likely N-dealkylation sites (tertiary alicyclic amines) is 1. The van der Waals surface area contributed by atoms with E-state index < -0.39 is 6.10 Å². The highest BCUT2D eigenvalue weighted by Gasteiger charge is 2.31. The van der Waals surface area contributed by atoms with Gasteiger partial charge >= 0.3 is 0 Å². The van der Waals surface area contributed by atoms with E-state index in [4.69, 9.17) is 17.3 Å². The fourth-order valence-corrected chi connectivity index (χ4v) is 2.55. The Labute approximate surface area is 111 Å². The summed E-state index contributed by atoms with van der Waals surface area (Å²) in [5.74, 6) is -0.0149. The van der Waals surface area contributed by atoms with E-state index in [0.717, 1.165) is 6.42 Å². The summed E-state index contributed by atoms with van der Waals surface area (Å²) in [4.78, 5) is 14.0. The summed E-state index contributed by atoms with van der Waals surface area (Å²) in [5, 5.41) is 9.92. The van der Waals surface area contributed by atoms with Crippen LogP contribution in [0.15, 0.2) is 18.2 Å². The lowest BCUT2D eigenvalue weighted by atomic mass is 10.0. The van der Waals surface area contributed by atoms with Crippen LogP contribution in [0.4, 0.5) is 5.69 Å². The first-order chi connectivity index (χ1) is 8.50. The average molecular weight is 269 g/mol. The number of amides is 1. The van der Waals surface area contributed by atoms with Crippen molar-refractivity contribution in [1.82, 2.24) is 4.90 Å². The van der Waals surface area contributed by atoms with E-state index in [0.29, 0.717) is 29.4 Å². The van der Waals surface area contributed by atoms with Crippen LogP contribution in [-0.2, 0) is 0 Å². The van der Waals surface area contributed by atoms with Crippen LogP contribution in [0.25, 0.3) is 0 Å². The Morgan fingerprint density at radius 1 is 1.61 bits per heavy atom. The predicted molar refractivity (Wildman–Crippen MR) is 71.6 cm³/mol. The Morgan fingerprint density at radius 2 is 2.33 bits per heavy atom. The molecule has 1 aliphatic rings. The second kappa shape index (κ2) is 5.16. The van der Waals surface area contributed by atoms with Crippen molar-refractivity contribution in [1.29, 1.82) is 0 Å². The van der Waals surface area contributed by atoms with Crippen LogP contribution < -0.4 is 5.73 Å². The van der Waals surface area contributed by atoms with Gasteiger partial charge < -0.3 is 15.7 Å². The molecular formula is C13H17ClN2O2. The zero-order valence-corrected chi connectivity index (χ0v) is 11.0. The fraction of sp³-hybridized carbons (Fsp3) is 0.462. The molecule has 0 bridgehead atoms. The molecule has 1 aliphatic heterocycles. The number of benzene rings is 1. The van der Waals surface area contributed by atoms with Crippen molar-refractivity contribution in [3.63, 3.8) is 0 Å². The molecule has 4 nitrogen and oxygen atoms in total. The van der Waals surface area contributed by atoms with Crippen LogP contribution in [0, 0.1) is 5.92 Å². The molecule has 0 aromatic heterocycles. The Morgan fingerprint density at radius 3 is 2.89 bits per heavy atom. The van der Waals surface area contributed by atoms with Crippen molar-refractivity contribution in [2.75, 3.05) is 18.8 Å². The van der Waals surface area contributed by atoms with Gasteiger partial charge in [0.2, 0.25) is 0 Å². The minimum atomic E-state index is -0.397. The number of carbonyl (C=O) groups excluding carboxylic acids is 1. The highest BCUT2D eigenvalue weighted by molar-refractivity contribution is 6.34. The lowest BCUT2D eigenvalue weighted by Crippen LogP contribution is -2.31. The van der Waals surface area contributed by atoms with E-state index in [1.165, 1.54) is 0 Å². The molecule has 18 heavy (non-hydrogen) atoms. The smallest absolute Gasteiger partial charge is 0.257 e. The third-order valence-corrected chi connectivity index (χ3v) is 3.77. The number of nitrogen functional groups attached to an aromatic ring is 1. The van der Waals surface area contributed by atoms with Gasteiger partial charge in [-0.3, -0.25) is 4.79 Å². The standard InChI is InChI=1S/C13H17ClN2O2/c1-8(17)9-5-6-16(7-9)13(18)12-10(14)3-2-4-11(12)15/h2-4,8-9,17H,5-7,15H2,1H3. The molecule has 2 unspecified atom stereocenters. The number of halogens is 1. The number of hydrogen-bond acceptors (Lipinski definition) is 3. The van der Waals surface area contributed by atoms with Crippen molar-refractivity contribution in [3.05, 3.63) is 28.8 Å². The van der Waals surface area contributed by atoms with Crippen molar-refractivity contribution >= 4 is 23.2 Å². The maximum absolute atomic E-state index is 12.3. The quantitative estimate of drug-likeness (QED) is 0.804. The Bertz CT molecular complexity index is 442. The normalized spacial score (nSPS) is 21.1. The van der Waals surface area contributed by atoms with Crippen LogP contribution in [0.1, 0.15) is 23.7 Å². The van der Waals surface area contributed by atoms with E-state index in [2.05, 4.69) is 0 Å². The lowest BCUT2D eigenvalue weighted by Gasteiger charge is -2.19. The topological polar surface area (TPSA) is 66.6 Å². The van der Waals surface area contributed by atoms with Gasteiger partial charge in [0.15, 0.2) is 0 Å². The fourth-order valence-electron chi connectivity index (χ4n) is 2.29. The molecular weight excluding hydrogens is 252 g/mol. The summed E-state index contributed by atoms with van der Waals surface area (Å²) in [7, 11) is 0. The number of aliphatic hydroxyl groups is 1. The summed E-state index contributed by atoms with van der Waals surface area (Å²) in [6.07, 6.45) is 0.416. The van der Waals surface area contributed by atoms with Gasteiger partial charge in [-0.2, -0.15) is 0 Å². The molecule has 5 heteroatoms. The molecule has 1 fully saturated rings. The van der Waals surface area contributed by atoms with Gasteiger partial charge in [0.25, 0.3) is 5.91 Å². The largest absolute Gasteiger partial charge is 0.398 e. The SMILES string of the molecule is CC(O)C1CCN(C(=O)c2c(N)cccc2Cl)C1. The number of rotatable bonds is 2. The third-order valence-electron chi connectivity index (χ3n) is 3.45. The second-order valence-corrected chi connectivity index (χ2v) is 5.15. The number of anilines is 1. The summed E-state index contributed by atoms with van der Waals surface area (Å²) in [6, 6.07) is 5.05. The monoisotopic (exact) mass is 268 g/mol. The molecule has 1 aromatic carbocycles. The van der Waals surface area contributed by atoms with Gasteiger partial charge in [-0.15, -0.1) is 0 Å². The Balaban J connectivity index is 2.18. The van der Waals surface area contributed by atoms with Crippen molar-refractivity contribution in [2.24, 2.45) is 5.92 Å². The van der Waals surface area contributed by atoms with Gasteiger partial charge in [0.1, 0.15) is 0 Å². The number of nitrogens with two attached hydrogens (primary N) is 1. The lowest BCUT2D eigenvalue weighted by molar-refractivity contribution is 0.0763. The molecule has 1 amide bonds.